The van der Waals surface area contributed by atoms with Crippen LogP contribution in [0.25, 0.3) is 0 Å². The summed E-state index contributed by atoms with van der Waals surface area (Å²) in [5.74, 6) is 0.496. The zero-order chi connectivity index (χ0) is 6.57. The Kier molecular flexibility index (Phi) is 4.83. The summed E-state index contributed by atoms with van der Waals surface area (Å²) in [4.78, 5) is -0.422. The van der Waals surface area contributed by atoms with E-state index in [1.165, 1.54) is 0 Å². The van der Waals surface area contributed by atoms with Crippen LogP contribution in [0.15, 0.2) is 11.6 Å². The molecule has 0 saturated heterocycles. The number of hydrogen-bond acceptors (Lipinski definition) is 0. The lowest BCUT2D eigenvalue weighted by molar-refractivity contribution is 1.35. The number of hydrogen-bond donors (Lipinski definition) is 0. The minimum absolute atomic E-state index is 0.422. The molecule has 0 N–H and O–H groups in total. The van der Waals surface area contributed by atoms with Gasteiger partial charge in [0.25, 0.3) is 0 Å². The maximum atomic E-state index is 5.41. The molecular weight excluding hydrogens is 166 g/mol. The van der Waals surface area contributed by atoms with Crippen LogP contribution in [0.5, 0.6) is 0 Å². The van der Waals surface area contributed by atoms with Crippen molar-refractivity contribution in [3.05, 3.63) is 11.6 Å². The zero-order valence-electron chi connectivity index (χ0n) is 4.50. The quantitative estimate of drug-likeness (QED) is 0.445. The van der Waals surface area contributed by atoms with E-state index in [2.05, 4.69) is 0 Å². The molecule has 8 heavy (non-hydrogen) atoms. The van der Waals surface area contributed by atoms with E-state index in [1.54, 1.807) is 6.08 Å². The van der Waals surface area contributed by atoms with Gasteiger partial charge < -0.3 is 0 Å². The molecule has 0 nitrogen and oxygen atoms in total. The van der Waals surface area contributed by atoms with Crippen LogP contribution >= 0.6 is 34.8 Å². The lowest BCUT2D eigenvalue weighted by atomic mass is 10.3. The SMILES string of the molecule is C/C(=C\C(Cl)Cl)CCl. The first kappa shape index (κ1) is 8.61. The average molecular weight is 173 g/mol. The van der Waals surface area contributed by atoms with Gasteiger partial charge >= 0.3 is 0 Å². The molecule has 0 aliphatic carbocycles. The normalized spacial score (nSPS) is 12.9. The minimum atomic E-state index is -0.422. The first-order valence-corrected chi connectivity index (χ1v) is 3.59. The lowest BCUT2D eigenvalue weighted by Gasteiger charge is -1.92. The second-order valence-corrected chi connectivity index (χ2v) is 2.91. The number of halogens is 3. The zero-order valence-corrected chi connectivity index (χ0v) is 6.76. The highest BCUT2D eigenvalue weighted by molar-refractivity contribution is 6.45. The summed E-state index contributed by atoms with van der Waals surface area (Å²) in [6, 6.07) is 0. The van der Waals surface area contributed by atoms with Crippen LogP contribution in [-0.2, 0) is 0 Å². The fraction of sp³-hybridized carbons (Fsp3) is 0.600. The minimum Gasteiger partial charge on any atom is -0.122 e. The molecule has 0 fully saturated rings. The van der Waals surface area contributed by atoms with Gasteiger partial charge in [-0.3, -0.25) is 0 Å². The van der Waals surface area contributed by atoms with Crippen molar-refractivity contribution >= 4 is 34.8 Å². The lowest BCUT2D eigenvalue weighted by Crippen LogP contribution is -1.82. The summed E-state index contributed by atoms with van der Waals surface area (Å²) >= 11 is 16.2. The summed E-state index contributed by atoms with van der Waals surface area (Å²) in [7, 11) is 0. The third kappa shape index (κ3) is 4.76. The Hall–Kier alpha value is 0.610. The second kappa shape index (κ2) is 4.49. The van der Waals surface area contributed by atoms with Crippen molar-refractivity contribution in [2.75, 3.05) is 5.88 Å². The van der Waals surface area contributed by atoms with Crippen molar-refractivity contribution in [3.8, 4) is 0 Å². The van der Waals surface area contributed by atoms with E-state index < -0.39 is 4.84 Å². The summed E-state index contributed by atoms with van der Waals surface area (Å²) < 4.78 is 0. The largest absolute Gasteiger partial charge is 0.126 e. The summed E-state index contributed by atoms with van der Waals surface area (Å²) in [5, 5.41) is 0. The van der Waals surface area contributed by atoms with Crippen molar-refractivity contribution in [3.63, 3.8) is 0 Å². The molecule has 0 radical (unpaired) electrons. The molecule has 0 aromatic rings. The molecule has 0 bridgehead atoms. The van der Waals surface area contributed by atoms with Crippen LogP contribution in [0.2, 0.25) is 0 Å². The van der Waals surface area contributed by atoms with Gasteiger partial charge in [-0.1, -0.05) is 11.6 Å². The molecule has 0 saturated carbocycles. The fourth-order valence-corrected chi connectivity index (χ4v) is 0.779. The van der Waals surface area contributed by atoms with E-state index in [9.17, 15) is 0 Å². The highest BCUT2D eigenvalue weighted by atomic mass is 35.5. The second-order valence-electron chi connectivity index (χ2n) is 1.48. The molecule has 0 unspecified atom stereocenters. The summed E-state index contributed by atoms with van der Waals surface area (Å²) in [5.41, 5.74) is 1.00. The van der Waals surface area contributed by atoms with Crippen molar-refractivity contribution < 1.29 is 0 Å². The van der Waals surface area contributed by atoms with Crippen molar-refractivity contribution in [2.24, 2.45) is 0 Å². The molecular formula is C5H7Cl3. The van der Waals surface area contributed by atoms with Gasteiger partial charge in [0.2, 0.25) is 0 Å². The van der Waals surface area contributed by atoms with Gasteiger partial charge in [-0.2, -0.15) is 0 Å². The van der Waals surface area contributed by atoms with E-state index >= 15 is 0 Å². The van der Waals surface area contributed by atoms with E-state index in [4.69, 9.17) is 34.8 Å². The fourth-order valence-electron chi connectivity index (χ4n) is 0.260. The Labute approximate surface area is 64.4 Å². The maximum absolute atomic E-state index is 5.41. The van der Waals surface area contributed by atoms with Gasteiger partial charge in [-0.25, -0.2) is 0 Å². The molecule has 0 rings (SSSR count). The van der Waals surface area contributed by atoms with Gasteiger partial charge in [-0.05, 0) is 6.92 Å². The third-order valence-electron chi connectivity index (χ3n) is 0.621. The number of alkyl halides is 3. The van der Waals surface area contributed by atoms with E-state index in [-0.39, 0.29) is 0 Å². The Morgan fingerprint density at radius 3 is 2.25 bits per heavy atom. The van der Waals surface area contributed by atoms with Crippen LogP contribution in [0.3, 0.4) is 0 Å². The molecule has 48 valence electrons. The Morgan fingerprint density at radius 2 is 2.12 bits per heavy atom. The maximum Gasteiger partial charge on any atom is 0.126 e. The van der Waals surface area contributed by atoms with Crippen LogP contribution in [-0.4, -0.2) is 10.7 Å². The molecule has 0 heterocycles. The van der Waals surface area contributed by atoms with Crippen LogP contribution in [0.4, 0.5) is 0 Å². The van der Waals surface area contributed by atoms with E-state index in [0.717, 1.165) is 5.57 Å². The van der Waals surface area contributed by atoms with Crippen molar-refractivity contribution in [1.29, 1.82) is 0 Å². The monoisotopic (exact) mass is 172 g/mol. The van der Waals surface area contributed by atoms with Crippen LogP contribution < -0.4 is 0 Å². The standard InChI is InChI=1S/C5H7Cl3/c1-4(3-6)2-5(7)8/h2,5H,3H2,1H3/b4-2+. The Bertz CT molecular complexity index is 85.7. The third-order valence-corrected chi connectivity index (χ3v) is 1.29. The van der Waals surface area contributed by atoms with Gasteiger partial charge in [0.15, 0.2) is 0 Å². The van der Waals surface area contributed by atoms with E-state index in [0.29, 0.717) is 5.88 Å². The molecule has 0 aliphatic heterocycles. The van der Waals surface area contributed by atoms with Gasteiger partial charge in [0.05, 0.1) is 0 Å². The van der Waals surface area contributed by atoms with Crippen molar-refractivity contribution in [1.82, 2.24) is 0 Å². The van der Waals surface area contributed by atoms with Crippen LogP contribution in [0, 0.1) is 0 Å². The molecule has 0 amide bonds. The molecule has 0 aliphatic rings. The first-order chi connectivity index (χ1) is 3.66. The summed E-state index contributed by atoms with van der Waals surface area (Å²) in [6.45, 7) is 1.88. The van der Waals surface area contributed by atoms with Crippen LogP contribution in [0.1, 0.15) is 6.92 Å². The summed E-state index contributed by atoms with van der Waals surface area (Å²) in [6.07, 6.45) is 1.70. The Balaban J connectivity index is 3.56. The highest BCUT2D eigenvalue weighted by Gasteiger charge is 1.91. The van der Waals surface area contributed by atoms with Gasteiger partial charge in [-0.15, -0.1) is 34.8 Å². The molecule has 0 spiro atoms. The number of allylic oxidation sites excluding steroid dienone is 2. The van der Waals surface area contributed by atoms with Gasteiger partial charge in [0, 0.05) is 5.88 Å². The smallest absolute Gasteiger partial charge is 0.122 e. The predicted molar refractivity (Wildman–Crippen MR) is 40.0 cm³/mol. The molecule has 0 aromatic carbocycles. The highest BCUT2D eigenvalue weighted by Crippen LogP contribution is 2.07. The number of rotatable bonds is 2. The Morgan fingerprint density at radius 1 is 1.62 bits per heavy atom. The van der Waals surface area contributed by atoms with Crippen molar-refractivity contribution in [2.45, 2.75) is 11.8 Å². The average Bonchev–Trinajstić information content (AvgIpc) is 1.65. The van der Waals surface area contributed by atoms with Gasteiger partial charge in [0.1, 0.15) is 4.84 Å². The first-order valence-electron chi connectivity index (χ1n) is 2.18. The molecule has 0 atom stereocenters. The van der Waals surface area contributed by atoms with E-state index in [1.807, 2.05) is 6.92 Å². The molecule has 3 heteroatoms. The molecule has 0 aromatic heterocycles. The predicted octanol–water partition coefficient (Wildman–Crippen LogP) is 2.98. The topological polar surface area (TPSA) is 0 Å².